The van der Waals surface area contributed by atoms with Gasteiger partial charge in [0.15, 0.2) is 0 Å². The van der Waals surface area contributed by atoms with Crippen LogP contribution in [0.15, 0.2) is 30.5 Å². The van der Waals surface area contributed by atoms with Crippen molar-refractivity contribution < 1.29 is 22.8 Å². The number of anilines is 1. The van der Waals surface area contributed by atoms with Gasteiger partial charge in [0.1, 0.15) is 5.88 Å². The molecule has 2 amide bonds. The minimum absolute atomic E-state index is 0.0671. The molecule has 0 saturated carbocycles. The molecule has 10 heteroatoms. The lowest BCUT2D eigenvalue weighted by Crippen LogP contribution is -2.49. The Morgan fingerprint density at radius 3 is 2.66 bits per heavy atom. The van der Waals surface area contributed by atoms with Gasteiger partial charge < -0.3 is 10.2 Å². The number of benzene rings is 1. The van der Waals surface area contributed by atoms with Gasteiger partial charge in [-0.25, -0.2) is 0 Å². The third-order valence-corrected chi connectivity index (χ3v) is 5.08. The first-order chi connectivity index (χ1) is 13.6. The van der Waals surface area contributed by atoms with Crippen molar-refractivity contribution in [3.05, 3.63) is 47.3 Å². The molecule has 1 aromatic carbocycles. The van der Waals surface area contributed by atoms with E-state index in [1.807, 2.05) is 13.8 Å². The molecule has 2 heterocycles. The van der Waals surface area contributed by atoms with Crippen LogP contribution >= 0.6 is 11.6 Å². The van der Waals surface area contributed by atoms with E-state index in [0.717, 1.165) is 17.8 Å². The predicted molar refractivity (Wildman–Crippen MR) is 102 cm³/mol. The van der Waals surface area contributed by atoms with Crippen LogP contribution in [0.1, 0.15) is 35.5 Å². The molecule has 0 saturated heterocycles. The van der Waals surface area contributed by atoms with E-state index in [-0.39, 0.29) is 29.8 Å². The monoisotopic (exact) mass is 428 g/mol. The fourth-order valence-electron chi connectivity index (χ4n) is 3.37. The molecule has 2 aromatic rings. The Kier molecular flexibility index (Phi) is 5.88. The number of alkyl halides is 4. The maximum absolute atomic E-state index is 13.4. The molecule has 0 radical (unpaired) electrons. The zero-order valence-corrected chi connectivity index (χ0v) is 16.6. The summed E-state index contributed by atoms with van der Waals surface area (Å²) in [4.78, 5) is 26.3. The maximum atomic E-state index is 13.4. The number of carbonyl (C=O) groups is 2. The summed E-state index contributed by atoms with van der Waals surface area (Å²) in [7, 11) is 0. The first kappa shape index (κ1) is 21.2. The van der Waals surface area contributed by atoms with Crippen LogP contribution in [0.25, 0.3) is 0 Å². The Bertz CT molecular complexity index is 926. The van der Waals surface area contributed by atoms with Crippen molar-refractivity contribution in [2.45, 2.75) is 39.2 Å². The normalized spacial score (nSPS) is 16.7. The second-order valence-corrected chi connectivity index (χ2v) is 7.49. The number of nitrogens with one attached hydrogen (secondary N) is 1. The molecule has 0 aliphatic carbocycles. The van der Waals surface area contributed by atoms with E-state index in [9.17, 15) is 22.8 Å². The highest BCUT2D eigenvalue weighted by Crippen LogP contribution is 2.33. The van der Waals surface area contributed by atoms with E-state index in [1.165, 1.54) is 6.07 Å². The Morgan fingerprint density at radius 1 is 1.31 bits per heavy atom. The summed E-state index contributed by atoms with van der Waals surface area (Å²) in [6.45, 7) is 4.58. The van der Waals surface area contributed by atoms with Crippen molar-refractivity contribution in [3.8, 4) is 0 Å². The highest BCUT2D eigenvalue weighted by molar-refractivity contribution is 6.29. The molecular weight excluding hydrogens is 409 g/mol. The number of halogens is 4. The number of nitrogens with zero attached hydrogens (tertiary/aromatic N) is 3. The van der Waals surface area contributed by atoms with Crippen LogP contribution in [0, 0.1) is 5.92 Å². The number of fused-ring (bicyclic) bond motifs is 1. The zero-order chi connectivity index (χ0) is 21.3. The molecule has 1 aliphatic heterocycles. The average molecular weight is 429 g/mol. The molecule has 1 N–H and O–H groups in total. The second kappa shape index (κ2) is 8.06. The fraction of sp³-hybridized carbons (Fsp3) is 0.421. The number of aromatic nitrogens is 2. The van der Waals surface area contributed by atoms with Crippen molar-refractivity contribution in [3.63, 3.8) is 0 Å². The Labute approximate surface area is 170 Å². The molecule has 3 rings (SSSR count). The molecule has 6 nitrogen and oxygen atoms in total. The molecule has 29 heavy (non-hydrogen) atoms. The van der Waals surface area contributed by atoms with Crippen LogP contribution in [0.2, 0.25) is 0 Å². The minimum atomic E-state index is -4.67. The molecular formula is C19H20ClF3N4O2. The molecule has 0 fully saturated rings. The Morgan fingerprint density at radius 2 is 2.03 bits per heavy atom. The van der Waals surface area contributed by atoms with Crippen LogP contribution in [0.4, 0.5) is 18.9 Å². The summed E-state index contributed by atoms with van der Waals surface area (Å²) in [6, 6.07) is 4.37. The molecule has 0 unspecified atom stereocenters. The quantitative estimate of drug-likeness (QED) is 0.754. The maximum Gasteiger partial charge on any atom is 0.416 e. The summed E-state index contributed by atoms with van der Waals surface area (Å²) >= 11 is 5.43. The lowest BCUT2D eigenvalue weighted by Gasteiger charge is -2.38. The van der Waals surface area contributed by atoms with Crippen molar-refractivity contribution in [1.29, 1.82) is 0 Å². The van der Waals surface area contributed by atoms with Crippen LogP contribution in [0.3, 0.4) is 0 Å². The van der Waals surface area contributed by atoms with E-state index in [1.54, 1.807) is 21.8 Å². The van der Waals surface area contributed by atoms with Gasteiger partial charge in [0, 0.05) is 17.4 Å². The van der Waals surface area contributed by atoms with E-state index in [4.69, 9.17) is 11.6 Å². The fourth-order valence-corrected chi connectivity index (χ4v) is 3.43. The Hall–Kier alpha value is -2.55. The van der Waals surface area contributed by atoms with Gasteiger partial charge in [-0.1, -0.05) is 13.8 Å². The lowest BCUT2D eigenvalue weighted by molar-refractivity contribution is -0.137. The first-order valence-electron chi connectivity index (χ1n) is 9.00. The highest BCUT2D eigenvalue weighted by atomic mass is 35.5. The van der Waals surface area contributed by atoms with Crippen LogP contribution in [-0.4, -0.2) is 38.4 Å². The molecule has 0 bridgehead atoms. The standard InChI is InChI=1S/C19H20ClF3N4O2/c1-11(2)16-10-27-15(3-4-24-27)9-26(16)18(29)12-5-13(19(21,22)23)7-14(6-12)25-17(28)8-20/h3-7,11,16H,8-10H2,1-2H3,(H,25,28)/t16-/m0/s1. The minimum Gasteiger partial charge on any atom is -0.328 e. The molecule has 1 atom stereocenters. The first-order valence-corrected chi connectivity index (χ1v) is 9.53. The number of carbonyl (C=O) groups excluding carboxylic acids is 2. The van der Waals surface area contributed by atoms with Gasteiger partial charge in [0.2, 0.25) is 5.91 Å². The lowest BCUT2D eigenvalue weighted by atomic mass is 9.98. The average Bonchev–Trinajstić information content (AvgIpc) is 3.12. The van der Waals surface area contributed by atoms with E-state index >= 15 is 0 Å². The van der Waals surface area contributed by atoms with Gasteiger partial charge in [-0.2, -0.15) is 18.3 Å². The SMILES string of the molecule is CC(C)[C@@H]1Cn2nccc2CN1C(=O)c1cc(NC(=O)CCl)cc(C(F)(F)F)c1. The van der Waals surface area contributed by atoms with Gasteiger partial charge >= 0.3 is 6.18 Å². The molecule has 156 valence electrons. The van der Waals surface area contributed by atoms with Crippen molar-refractivity contribution in [1.82, 2.24) is 14.7 Å². The zero-order valence-electron chi connectivity index (χ0n) is 15.8. The van der Waals surface area contributed by atoms with Crippen LogP contribution in [0.5, 0.6) is 0 Å². The van der Waals surface area contributed by atoms with Crippen molar-refractivity contribution >= 4 is 29.1 Å². The summed E-state index contributed by atoms with van der Waals surface area (Å²) < 4.78 is 41.9. The summed E-state index contributed by atoms with van der Waals surface area (Å²) in [5.74, 6) is -1.54. The number of rotatable bonds is 4. The number of hydrogen-bond donors (Lipinski definition) is 1. The largest absolute Gasteiger partial charge is 0.416 e. The van der Waals surface area contributed by atoms with E-state index in [2.05, 4.69) is 10.4 Å². The summed E-state index contributed by atoms with van der Waals surface area (Å²) in [5.41, 5.74) is -0.491. The third-order valence-electron chi connectivity index (χ3n) is 4.84. The van der Waals surface area contributed by atoms with Gasteiger partial charge in [-0.3, -0.25) is 14.3 Å². The van der Waals surface area contributed by atoms with Crippen LogP contribution < -0.4 is 5.32 Å². The van der Waals surface area contributed by atoms with Gasteiger partial charge in [-0.05, 0) is 30.2 Å². The predicted octanol–water partition coefficient (Wildman–Crippen LogP) is 3.76. The number of hydrogen-bond acceptors (Lipinski definition) is 3. The molecule has 0 spiro atoms. The summed E-state index contributed by atoms with van der Waals surface area (Å²) in [5, 5.41) is 6.52. The molecule has 1 aromatic heterocycles. The summed E-state index contributed by atoms with van der Waals surface area (Å²) in [6.07, 6.45) is -3.04. The topological polar surface area (TPSA) is 67.2 Å². The van der Waals surface area contributed by atoms with Crippen molar-refractivity contribution in [2.24, 2.45) is 5.92 Å². The van der Waals surface area contributed by atoms with E-state index < -0.39 is 29.4 Å². The van der Waals surface area contributed by atoms with Gasteiger partial charge in [0.25, 0.3) is 5.91 Å². The van der Waals surface area contributed by atoms with Crippen LogP contribution in [-0.2, 0) is 24.1 Å². The smallest absolute Gasteiger partial charge is 0.328 e. The second-order valence-electron chi connectivity index (χ2n) is 7.23. The van der Waals surface area contributed by atoms with Gasteiger partial charge in [0.05, 0.1) is 30.4 Å². The highest BCUT2D eigenvalue weighted by Gasteiger charge is 2.35. The third kappa shape index (κ3) is 4.55. The number of amides is 2. The molecule has 1 aliphatic rings. The van der Waals surface area contributed by atoms with E-state index in [0.29, 0.717) is 6.54 Å². The van der Waals surface area contributed by atoms with Crippen molar-refractivity contribution in [2.75, 3.05) is 11.2 Å². The van der Waals surface area contributed by atoms with Gasteiger partial charge in [-0.15, -0.1) is 11.6 Å². The Balaban J connectivity index is 2.00.